The SMILES string of the molecule is O=C(NCc1ncccn1)c1cnc(N2CCC3(CC3)C2)nc1OCc1ccc(CO)c(Cl)c1. The molecule has 2 fully saturated rings. The molecule has 176 valence electrons. The number of carbonyl (C=O) groups is 1. The second kappa shape index (κ2) is 9.52. The van der Waals surface area contributed by atoms with Gasteiger partial charge >= 0.3 is 0 Å². The molecule has 1 spiro atoms. The van der Waals surface area contributed by atoms with E-state index in [2.05, 4.69) is 30.2 Å². The summed E-state index contributed by atoms with van der Waals surface area (Å²) in [6.45, 7) is 2.03. The number of amides is 1. The van der Waals surface area contributed by atoms with Crippen LogP contribution in [0.5, 0.6) is 5.88 Å². The van der Waals surface area contributed by atoms with Crippen LogP contribution in [-0.2, 0) is 19.8 Å². The van der Waals surface area contributed by atoms with Crippen LogP contribution in [0, 0.1) is 5.41 Å². The third kappa shape index (κ3) is 4.95. The standard InChI is InChI=1S/C24H25ClN6O3/c25-19-10-16(2-3-17(19)13-32)14-34-22-18(21(33)28-12-20-26-7-1-8-27-20)11-29-23(30-22)31-9-6-24(15-31)4-5-24/h1-3,7-8,10-11,32H,4-6,9,12-15H2,(H,28,33). The number of aliphatic hydroxyl groups is 1. The highest BCUT2D eigenvalue weighted by atomic mass is 35.5. The van der Waals surface area contributed by atoms with Gasteiger partial charge in [0.1, 0.15) is 18.0 Å². The summed E-state index contributed by atoms with van der Waals surface area (Å²) in [6.07, 6.45) is 8.40. The molecule has 1 saturated carbocycles. The van der Waals surface area contributed by atoms with Crippen molar-refractivity contribution in [1.82, 2.24) is 25.3 Å². The summed E-state index contributed by atoms with van der Waals surface area (Å²) in [5.74, 6) is 0.898. The van der Waals surface area contributed by atoms with E-state index in [1.54, 1.807) is 30.6 Å². The van der Waals surface area contributed by atoms with Crippen LogP contribution in [0.15, 0.2) is 42.9 Å². The topological polar surface area (TPSA) is 113 Å². The molecule has 0 radical (unpaired) electrons. The van der Waals surface area contributed by atoms with Gasteiger partial charge in [-0.1, -0.05) is 23.7 Å². The van der Waals surface area contributed by atoms with E-state index in [0.717, 1.165) is 25.1 Å². The Morgan fingerprint density at radius 1 is 1.21 bits per heavy atom. The quantitative estimate of drug-likeness (QED) is 0.506. The lowest BCUT2D eigenvalue weighted by Crippen LogP contribution is -2.27. The summed E-state index contributed by atoms with van der Waals surface area (Å²) in [6, 6.07) is 7.02. The van der Waals surface area contributed by atoms with Gasteiger partial charge in [-0.15, -0.1) is 0 Å². The van der Waals surface area contributed by atoms with E-state index in [9.17, 15) is 9.90 Å². The molecule has 3 heterocycles. The molecule has 0 atom stereocenters. The molecule has 2 aliphatic rings. The van der Waals surface area contributed by atoms with Crippen molar-refractivity contribution in [2.75, 3.05) is 18.0 Å². The predicted octanol–water partition coefficient (Wildman–Crippen LogP) is 2.91. The van der Waals surface area contributed by atoms with E-state index in [1.165, 1.54) is 19.0 Å². The van der Waals surface area contributed by atoms with Gasteiger partial charge in [0, 0.05) is 36.7 Å². The van der Waals surface area contributed by atoms with Crippen LogP contribution in [0.3, 0.4) is 0 Å². The van der Waals surface area contributed by atoms with Gasteiger partial charge in [-0.25, -0.2) is 15.0 Å². The fraction of sp³-hybridized carbons (Fsp3) is 0.375. The number of anilines is 1. The maximum atomic E-state index is 12.9. The van der Waals surface area contributed by atoms with Gasteiger partial charge in [-0.3, -0.25) is 4.79 Å². The van der Waals surface area contributed by atoms with Crippen LogP contribution >= 0.6 is 11.6 Å². The largest absolute Gasteiger partial charge is 0.472 e. The van der Waals surface area contributed by atoms with Crippen molar-refractivity contribution in [1.29, 1.82) is 0 Å². The number of ether oxygens (including phenoxy) is 1. The van der Waals surface area contributed by atoms with Gasteiger partial charge in [0.05, 0.1) is 13.2 Å². The lowest BCUT2D eigenvalue weighted by Gasteiger charge is -2.18. The highest BCUT2D eigenvalue weighted by molar-refractivity contribution is 6.31. The fourth-order valence-electron chi connectivity index (χ4n) is 4.10. The molecule has 2 N–H and O–H groups in total. The van der Waals surface area contributed by atoms with Crippen molar-refractivity contribution in [2.45, 2.75) is 39.0 Å². The molecular weight excluding hydrogens is 456 g/mol. The number of aromatic nitrogens is 4. The Morgan fingerprint density at radius 2 is 2.03 bits per heavy atom. The number of hydrogen-bond acceptors (Lipinski definition) is 8. The predicted molar refractivity (Wildman–Crippen MR) is 125 cm³/mol. The molecular formula is C24H25ClN6O3. The summed E-state index contributed by atoms with van der Waals surface area (Å²) in [4.78, 5) is 32.5. The third-order valence-electron chi connectivity index (χ3n) is 6.35. The van der Waals surface area contributed by atoms with Crippen LogP contribution < -0.4 is 15.0 Å². The Labute approximate surface area is 202 Å². The molecule has 0 bridgehead atoms. The van der Waals surface area contributed by atoms with E-state index in [-0.39, 0.29) is 37.1 Å². The highest BCUT2D eigenvalue weighted by Crippen LogP contribution is 2.53. The van der Waals surface area contributed by atoms with Gasteiger partial charge in [-0.05, 0) is 47.9 Å². The van der Waals surface area contributed by atoms with Crippen LogP contribution in [-0.4, -0.2) is 44.0 Å². The normalized spacial score (nSPS) is 16.0. The van der Waals surface area contributed by atoms with Gasteiger partial charge in [0.2, 0.25) is 11.8 Å². The molecule has 2 aromatic heterocycles. The van der Waals surface area contributed by atoms with Gasteiger partial charge in [-0.2, -0.15) is 4.98 Å². The minimum atomic E-state index is -0.372. The van der Waals surface area contributed by atoms with Crippen LogP contribution in [0.4, 0.5) is 5.95 Å². The summed E-state index contributed by atoms with van der Waals surface area (Å²) < 4.78 is 6.00. The van der Waals surface area contributed by atoms with Crippen molar-refractivity contribution in [3.05, 3.63) is 70.4 Å². The lowest BCUT2D eigenvalue weighted by atomic mass is 10.1. The third-order valence-corrected chi connectivity index (χ3v) is 6.71. The number of carbonyl (C=O) groups excluding carboxylic acids is 1. The first-order chi connectivity index (χ1) is 16.5. The van der Waals surface area contributed by atoms with Crippen molar-refractivity contribution in [3.63, 3.8) is 0 Å². The van der Waals surface area contributed by atoms with Gasteiger partial charge in [0.15, 0.2) is 0 Å². The molecule has 5 rings (SSSR count). The molecule has 1 aromatic carbocycles. The molecule has 0 unspecified atom stereocenters. The molecule has 1 amide bonds. The molecule has 1 saturated heterocycles. The number of aliphatic hydroxyl groups excluding tert-OH is 1. The van der Waals surface area contributed by atoms with Crippen LogP contribution in [0.25, 0.3) is 0 Å². The zero-order valence-corrected chi connectivity index (χ0v) is 19.3. The number of rotatable bonds is 8. The maximum absolute atomic E-state index is 12.9. The minimum absolute atomic E-state index is 0.137. The zero-order valence-electron chi connectivity index (χ0n) is 18.6. The van der Waals surface area contributed by atoms with E-state index >= 15 is 0 Å². The number of nitrogens with zero attached hydrogens (tertiary/aromatic N) is 5. The van der Waals surface area contributed by atoms with Crippen LogP contribution in [0.2, 0.25) is 5.02 Å². The van der Waals surface area contributed by atoms with Crippen molar-refractivity contribution in [2.24, 2.45) is 5.41 Å². The molecule has 34 heavy (non-hydrogen) atoms. The monoisotopic (exact) mass is 480 g/mol. The number of nitrogens with one attached hydrogen (secondary N) is 1. The van der Waals surface area contributed by atoms with E-state index in [1.807, 2.05) is 6.07 Å². The van der Waals surface area contributed by atoms with E-state index in [4.69, 9.17) is 16.3 Å². The smallest absolute Gasteiger partial charge is 0.258 e. The van der Waals surface area contributed by atoms with Gasteiger partial charge < -0.3 is 20.1 Å². The Bertz CT molecular complexity index is 1190. The Morgan fingerprint density at radius 3 is 2.74 bits per heavy atom. The Balaban J connectivity index is 1.35. The summed E-state index contributed by atoms with van der Waals surface area (Å²) in [5, 5.41) is 12.6. The summed E-state index contributed by atoms with van der Waals surface area (Å²) >= 11 is 6.21. The number of halogens is 1. The minimum Gasteiger partial charge on any atom is -0.472 e. The first kappa shape index (κ1) is 22.5. The molecule has 1 aliphatic heterocycles. The van der Waals surface area contributed by atoms with Gasteiger partial charge in [0.25, 0.3) is 5.91 Å². The second-order valence-corrected chi connectivity index (χ2v) is 9.19. The fourth-order valence-corrected chi connectivity index (χ4v) is 4.37. The van der Waals surface area contributed by atoms with Crippen molar-refractivity contribution in [3.8, 4) is 5.88 Å². The lowest BCUT2D eigenvalue weighted by molar-refractivity contribution is 0.0944. The summed E-state index contributed by atoms with van der Waals surface area (Å²) in [7, 11) is 0. The maximum Gasteiger partial charge on any atom is 0.258 e. The first-order valence-electron chi connectivity index (χ1n) is 11.2. The number of hydrogen-bond donors (Lipinski definition) is 2. The second-order valence-electron chi connectivity index (χ2n) is 8.78. The van der Waals surface area contributed by atoms with Crippen molar-refractivity contribution < 1.29 is 14.6 Å². The van der Waals surface area contributed by atoms with Crippen molar-refractivity contribution >= 4 is 23.5 Å². The zero-order chi connectivity index (χ0) is 23.5. The Kier molecular flexibility index (Phi) is 6.30. The van der Waals surface area contributed by atoms with E-state index < -0.39 is 0 Å². The first-order valence-corrected chi connectivity index (χ1v) is 11.6. The van der Waals surface area contributed by atoms with E-state index in [0.29, 0.717) is 27.8 Å². The summed E-state index contributed by atoms with van der Waals surface area (Å²) in [5.41, 5.74) is 2.09. The molecule has 10 heteroatoms. The average Bonchev–Trinajstić information content (AvgIpc) is 3.50. The highest BCUT2D eigenvalue weighted by Gasteiger charge is 2.48. The Hall–Kier alpha value is -3.30. The van der Waals surface area contributed by atoms with Crippen LogP contribution in [0.1, 0.15) is 46.6 Å². The molecule has 9 nitrogen and oxygen atoms in total. The molecule has 1 aliphatic carbocycles. The number of benzene rings is 1. The molecule has 3 aromatic rings. The average molecular weight is 481 g/mol.